The van der Waals surface area contributed by atoms with Crippen LogP contribution in [0.4, 0.5) is 0 Å². The highest BCUT2D eigenvalue weighted by molar-refractivity contribution is 9.10. The van der Waals surface area contributed by atoms with Gasteiger partial charge in [-0.05, 0) is 37.1 Å². The van der Waals surface area contributed by atoms with Gasteiger partial charge in [0.15, 0.2) is 6.10 Å². The Balaban J connectivity index is 2.78. The number of carbonyl (C=O) groups is 1. The first-order valence-corrected chi connectivity index (χ1v) is 8.12. The molecule has 0 spiro atoms. The summed E-state index contributed by atoms with van der Waals surface area (Å²) in [6.45, 7) is 9.00. The molecule has 1 rings (SSSR count). The molecule has 0 saturated carbocycles. The van der Waals surface area contributed by atoms with Crippen LogP contribution in [0.2, 0.25) is 0 Å². The van der Waals surface area contributed by atoms with Crippen LogP contribution in [0.3, 0.4) is 0 Å². The molecule has 0 heterocycles. The fourth-order valence-electron chi connectivity index (χ4n) is 1.77. The van der Waals surface area contributed by atoms with Crippen molar-refractivity contribution < 1.29 is 14.3 Å². The SMILES string of the molecule is CCOC(=O)C(CC)Oc1ccc(Br)c(CNC(C)C)c1. The standard InChI is InChI=1S/C16H24BrNO3/c1-5-15(16(19)20-6-2)21-13-7-8-14(17)12(9-13)10-18-11(3)4/h7-9,11,15,18H,5-6,10H2,1-4H3. The van der Waals surface area contributed by atoms with Crippen LogP contribution in [0.5, 0.6) is 5.75 Å². The summed E-state index contributed by atoms with van der Waals surface area (Å²) in [5.74, 6) is 0.364. The van der Waals surface area contributed by atoms with Crippen molar-refractivity contribution in [2.75, 3.05) is 6.61 Å². The lowest BCUT2D eigenvalue weighted by molar-refractivity contribution is -0.151. The molecular formula is C16H24BrNO3. The second kappa shape index (κ2) is 9.05. The summed E-state index contributed by atoms with van der Waals surface area (Å²) in [6, 6.07) is 6.14. The van der Waals surface area contributed by atoms with Gasteiger partial charge in [0.1, 0.15) is 5.75 Å². The molecule has 21 heavy (non-hydrogen) atoms. The average molecular weight is 358 g/mol. The van der Waals surface area contributed by atoms with Crippen LogP contribution in [-0.2, 0) is 16.1 Å². The summed E-state index contributed by atoms with van der Waals surface area (Å²) in [5.41, 5.74) is 1.10. The van der Waals surface area contributed by atoms with E-state index in [1.807, 2.05) is 25.1 Å². The van der Waals surface area contributed by atoms with Gasteiger partial charge in [0.25, 0.3) is 0 Å². The van der Waals surface area contributed by atoms with Crippen LogP contribution in [0.15, 0.2) is 22.7 Å². The molecule has 0 aliphatic heterocycles. The molecule has 0 aliphatic rings. The summed E-state index contributed by atoms with van der Waals surface area (Å²) in [7, 11) is 0. The number of hydrogen-bond donors (Lipinski definition) is 1. The second-order valence-corrected chi connectivity index (χ2v) is 5.91. The highest BCUT2D eigenvalue weighted by Gasteiger charge is 2.19. The molecule has 1 aromatic rings. The summed E-state index contributed by atoms with van der Waals surface area (Å²) in [5, 5.41) is 3.36. The third kappa shape index (κ3) is 6.06. The minimum atomic E-state index is -0.558. The van der Waals surface area contributed by atoms with Crippen LogP contribution in [0.25, 0.3) is 0 Å². The van der Waals surface area contributed by atoms with Gasteiger partial charge in [-0.15, -0.1) is 0 Å². The van der Waals surface area contributed by atoms with Crippen molar-refractivity contribution in [3.63, 3.8) is 0 Å². The zero-order valence-electron chi connectivity index (χ0n) is 13.1. The number of benzene rings is 1. The third-order valence-electron chi connectivity index (χ3n) is 2.92. The molecule has 1 N–H and O–H groups in total. The van der Waals surface area contributed by atoms with Crippen molar-refractivity contribution in [3.05, 3.63) is 28.2 Å². The Morgan fingerprint density at radius 2 is 2.05 bits per heavy atom. The van der Waals surface area contributed by atoms with Gasteiger partial charge >= 0.3 is 5.97 Å². The zero-order valence-corrected chi connectivity index (χ0v) is 14.7. The fourth-order valence-corrected chi connectivity index (χ4v) is 2.16. The zero-order chi connectivity index (χ0) is 15.8. The largest absolute Gasteiger partial charge is 0.479 e. The number of halogens is 1. The molecule has 0 aromatic heterocycles. The minimum Gasteiger partial charge on any atom is -0.479 e. The van der Waals surface area contributed by atoms with Gasteiger partial charge in [-0.3, -0.25) is 0 Å². The lowest BCUT2D eigenvalue weighted by Gasteiger charge is -2.17. The maximum atomic E-state index is 11.8. The molecule has 1 aromatic carbocycles. The summed E-state index contributed by atoms with van der Waals surface area (Å²) in [4.78, 5) is 11.8. The van der Waals surface area contributed by atoms with Crippen molar-refractivity contribution in [2.24, 2.45) is 0 Å². The van der Waals surface area contributed by atoms with Gasteiger partial charge in [0, 0.05) is 17.1 Å². The molecule has 4 nitrogen and oxygen atoms in total. The van der Waals surface area contributed by atoms with Crippen LogP contribution >= 0.6 is 15.9 Å². The van der Waals surface area contributed by atoms with Gasteiger partial charge in [-0.2, -0.15) is 0 Å². The average Bonchev–Trinajstić information content (AvgIpc) is 2.44. The number of hydrogen-bond acceptors (Lipinski definition) is 4. The predicted molar refractivity (Wildman–Crippen MR) is 87.5 cm³/mol. The first-order chi connectivity index (χ1) is 9.97. The Morgan fingerprint density at radius 1 is 1.33 bits per heavy atom. The van der Waals surface area contributed by atoms with Crippen molar-refractivity contribution in [1.29, 1.82) is 0 Å². The van der Waals surface area contributed by atoms with E-state index >= 15 is 0 Å². The molecule has 0 amide bonds. The van der Waals surface area contributed by atoms with Crippen molar-refractivity contribution >= 4 is 21.9 Å². The quantitative estimate of drug-likeness (QED) is 0.721. The summed E-state index contributed by atoms with van der Waals surface area (Å²) in [6.07, 6.45) is 0.0195. The molecule has 0 fully saturated rings. The highest BCUT2D eigenvalue weighted by Crippen LogP contribution is 2.24. The van der Waals surface area contributed by atoms with Gasteiger partial charge in [0.05, 0.1) is 6.61 Å². The molecule has 5 heteroatoms. The van der Waals surface area contributed by atoms with Gasteiger partial charge in [-0.25, -0.2) is 4.79 Å². The Kier molecular flexibility index (Phi) is 7.75. The van der Waals surface area contributed by atoms with Crippen LogP contribution in [-0.4, -0.2) is 24.7 Å². The molecule has 0 aliphatic carbocycles. The van der Waals surface area contributed by atoms with E-state index in [2.05, 4.69) is 35.1 Å². The molecule has 1 atom stereocenters. The molecule has 0 radical (unpaired) electrons. The smallest absolute Gasteiger partial charge is 0.347 e. The Hall–Kier alpha value is -1.07. The molecule has 0 bridgehead atoms. The van der Waals surface area contributed by atoms with E-state index in [1.54, 1.807) is 6.92 Å². The van der Waals surface area contributed by atoms with E-state index in [-0.39, 0.29) is 5.97 Å². The minimum absolute atomic E-state index is 0.315. The fraction of sp³-hybridized carbons (Fsp3) is 0.562. The third-order valence-corrected chi connectivity index (χ3v) is 3.69. The van der Waals surface area contributed by atoms with Gasteiger partial charge in [-0.1, -0.05) is 36.7 Å². The van der Waals surface area contributed by atoms with Crippen LogP contribution < -0.4 is 10.1 Å². The Labute approximate surface area is 135 Å². The normalized spacial score (nSPS) is 12.3. The second-order valence-electron chi connectivity index (χ2n) is 5.06. The number of carbonyl (C=O) groups excluding carboxylic acids is 1. The molecule has 1 unspecified atom stereocenters. The van der Waals surface area contributed by atoms with Crippen LogP contribution in [0.1, 0.15) is 39.7 Å². The molecule has 0 saturated heterocycles. The lowest BCUT2D eigenvalue weighted by atomic mass is 10.2. The van der Waals surface area contributed by atoms with E-state index in [0.717, 1.165) is 16.6 Å². The summed E-state index contributed by atoms with van der Waals surface area (Å²) >= 11 is 3.53. The maximum Gasteiger partial charge on any atom is 0.347 e. The van der Waals surface area contributed by atoms with Gasteiger partial charge < -0.3 is 14.8 Å². The number of ether oxygens (including phenoxy) is 2. The van der Waals surface area contributed by atoms with Crippen molar-refractivity contribution in [3.8, 4) is 5.75 Å². The Bertz CT molecular complexity index is 463. The number of rotatable bonds is 8. The highest BCUT2D eigenvalue weighted by atomic mass is 79.9. The molecular weight excluding hydrogens is 334 g/mol. The van der Waals surface area contributed by atoms with E-state index in [9.17, 15) is 4.79 Å². The number of esters is 1. The maximum absolute atomic E-state index is 11.8. The van der Waals surface area contributed by atoms with E-state index in [1.165, 1.54) is 0 Å². The van der Waals surface area contributed by atoms with E-state index in [0.29, 0.717) is 24.8 Å². The lowest BCUT2D eigenvalue weighted by Crippen LogP contribution is -2.28. The first-order valence-electron chi connectivity index (χ1n) is 7.33. The first kappa shape index (κ1) is 18.0. The predicted octanol–water partition coefficient (Wildman–Crippen LogP) is 3.67. The van der Waals surface area contributed by atoms with Crippen LogP contribution in [0, 0.1) is 0 Å². The topological polar surface area (TPSA) is 47.6 Å². The summed E-state index contributed by atoms with van der Waals surface area (Å²) < 4.78 is 11.8. The Morgan fingerprint density at radius 3 is 2.62 bits per heavy atom. The van der Waals surface area contributed by atoms with E-state index in [4.69, 9.17) is 9.47 Å². The van der Waals surface area contributed by atoms with E-state index < -0.39 is 6.10 Å². The number of nitrogens with one attached hydrogen (secondary N) is 1. The monoisotopic (exact) mass is 357 g/mol. The van der Waals surface area contributed by atoms with Crippen molar-refractivity contribution in [1.82, 2.24) is 5.32 Å². The van der Waals surface area contributed by atoms with Gasteiger partial charge in [0.2, 0.25) is 0 Å². The van der Waals surface area contributed by atoms with Crippen molar-refractivity contribution in [2.45, 2.75) is 52.8 Å². The molecule has 118 valence electrons.